The van der Waals surface area contributed by atoms with Crippen LogP contribution in [0.3, 0.4) is 0 Å². The minimum atomic E-state index is -0.253. The Balaban J connectivity index is 2.45. The van der Waals surface area contributed by atoms with Crippen LogP contribution in [-0.4, -0.2) is 6.54 Å². The summed E-state index contributed by atoms with van der Waals surface area (Å²) in [4.78, 5) is 0. The molecule has 0 heterocycles. The summed E-state index contributed by atoms with van der Waals surface area (Å²) in [5, 5.41) is 4.08. The van der Waals surface area contributed by atoms with E-state index < -0.39 is 0 Å². The lowest BCUT2D eigenvalue weighted by Crippen LogP contribution is -2.22. The highest BCUT2D eigenvalue weighted by Crippen LogP contribution is 2.30. The molecule has 1 atom stereocenters. The Bertz CT molecular complexity index is 574. The molecule has 4 heteroatoms. The summed E-state index contributed by atoms with van der Waals surface area (Å²) in [5.74, 6) is -0.253. The second-order valence-corrected chi connectivity index (χ2v) is 5.50. The van der Waals surface area contributed by atoms with E-state index in [0.29, 0.717) is 5.02 Å². The monoisotopic (exact) mass is 341 g/mol. The number of benzene rings is 2. The maximum Gasteiger partial charge on any atom is 0.124 e. The van der Waals surface area contributed by atoms with Crippen molar-refractivity contribution in [2.24, 2.45) is 0 Å². The molecule has 0 spiro atoms. The number of hydrogen-bond acceptors (Lipinski definition) is 1. The van der Waals surface area contributed by atoms with E-state index in [1.807, 2.05) is 31.2 Å². The predicted octanol–water partition coefficient (Wildman–Crippen LogP) is 4.94. The van der Waals surface area contributed by atoms with Gasteiger partial charge in [-0.1, -0.05) is 52.7 Å². The van der Waals surface area contributed by atoms with Crippen molar-refractivity contribution in [1.29, 1.82) is 0 Å². The van der Waals surface area contributed by atoms with Crippen LogP contribution in [0.5, 0.6) is 0 Å². The van der Waals surface area contributed by atoms with E-state index in [1.54, 1.807) is 6.07 Å². The van der Waals surface area contributed by atoms with Crippen LogP contribution < -0.4 is 5.32 Å². The highest BCUT2D eigenvalue weighted by atomic mass is 79.9. The van der Waals surface area contributed by atoms with Gasteiger partial charge in [-0.25, -0.2) is 4.39 Å². The van der Waals surface area contributed by atoms with Crippen LogP contribution in [-0.2, 0) is 0 Å². The van der Waals surface area contributed by atoms with Crippen molar-refractivity contribution in [2.45, 2.75) is 13.0 Å². The molecule has 0 fully saturated rings. The molecule has 100 valence electrons. The largest absolute Gasteiger partial charge is 0.306 e. The third kappa shape index (κ3) is 3.56. The molecule has 0 aliphatic heterocycles. The molecular weight excluding hydrogens is 329 g/mol. The summed E-state index contributed by atoms with van der Waals surface area (Å²) in [5.41, 5.74) is 2.05. The number of nitrogens with one attached hydrogen (secondary N) is 1. The van der Waals surface area contributed by atoms with Gasteiger partial charge in [0, 0.05) is 9.50 Å². The average Bonchev–Trinajstić information content (AvgIpc) is 2.37. The van der Waals surface area contributed by atoms with Gasteiger partial charge in [-0.2, -0.15) is 0 Å². The van der Waals surface area contributed by atoms with E-state index in [9.17, 15) is 4.39 Å². The molecule has 0 saturated heterocycles. The molecule has 0 radical (unpaired) electrons. The standard InChI is InChI=1S/C15H14BrClFN/c1-2-19-15(10-4-3-5-11(17)8-10)13-7-6-12(18)9-14(13)16/h3-9,15,19H,2H2,1H3. The summed E-state index contributed by atoms with van der Waals surface area (Å²) in [6.07, 6.45) is 0. The summed E-state index contributed by atoms with van der Waals surface area (Å²) in [6, 6.07) is 12.4. The van der Waals surface area contributed by atoms with Gasteiger partial charge >= 0.3 is 0 Å². The zero-order valence-electron chi connectivity index (χ0n) is 10.5. The van der Waals surface area contributed by atoms with Crippen molar-refractivity contribution >= 4 is 27.5 Å². The number of rotatable bonds is 4. The highest BCUT2D eigenvalue weighted by molar-refractivity contribution is 9.10. The molecule has 0 amide bonds. The first-order valence-electron chi connectivity index (χ1n) is 6.05. The first-order chi connectivity index (χ1) is 9.11. The fourth-order valence-electron chi connectivity index (χ4n) is 2.03. The van der Waals surface area contributed by atoms with Crippen molar-refractivity contribution in [3.05, 3.63) is 68.9 Å². The van der Waals surface area contributed by atoms with Crippen LogP contribution in [0.1, 0.15) is 24.1 Å². The van der Waals surface area contributed by atoms with Gasteiger partial charge in [0.05, 0.1) is 6.04 Å². The molecule has 0 aliphatic rings. The van der Waals surface area contributed by atoms with Gasteiger partial charge < -0.3 is 5.32 Å². The van der Waals surface area contributed by atoms with Crippen LogP contribution >= 0.6 is 27.5 Å². The van der Waals surface area contributed by atoms with E-state index in [4.69, 9.17) is 11.6 Å². The lowest BCUT2D eigenvalue weighted by Gasteiger charge is -2.20. The third-order valence-electron chi connectivity index (χ3n) is 2.86. The van der Waals surface area contributed by atoms with E-state index >= 15 is 0 Å². The topological polar surface area (TPSA) is 12.0 Å². The maximum atomic E-state index is 13.2. The van der Waals surface area contributed by atoms with Crippen LogP contribution in [0.4, 0.5) is 4.39 Å². The van der Waals surface area contributed by atoms with Gasteiger partial charge in [0.1, 0.15) is 5.82 Å². The first kappa shape index (κ1) is 14.5. The normalized spacial score (nSPS) is 12.4. The Morgan fingerprint density at radius 2 is 2.05 bits per heavy atom. The van der Waals surface area contributed by atoms with Crippen molar-refractivity contribution in [1.82, 2.24) is 5.32 Å². The molecule has 2 aromatic carbocycles. The van der Waals surface area contributed by atoms with Crippen molar-refractivity contribution in [3.8, 4) is 0 Å². The van der Waals surface area contributed by atoms with Crippen molar-refractivity contribution in [3.63, 3.8) is 0 Å². The van der Waals surface area contributed by atoms with Crippen LogP contribution in [0.2, 0.25) is 5.02 Å². The molecular formula is C15H14BrClFN. The molecule has 0 bridgehead atoms. The first-order valence-corrected chi connectivity index (χ1v) is 7.22. The SMILES string of the molecule is CCNC(c1cccc(Cl)c1)c1ccc(F)cc1Br. The van der Waals surface area contributed by atoms with E-state index in [1.165, 1.54) is 12.1 Å². The Morgan fingerprint density at radius 1 is 1.26 bits per heavy atom. The predicted molar refractivity (Wildman–Crippen MR) is 81.1 cm³/mol. The molecule has 1 N–H and O–H groups in total. The van der Waals surface area contributed by atoms with Gasteiger partial charge in [-0.05, 0) is 41.9 Å². The summed E-state index contributed by atoms with van der Waals surface area (Å²) >= 11 is 9.46. The minimum Gasteiger partial charge on any atom is -0.306 e. The van der Waals surface area contributed by atoms with E-state index in [0.717, 1.165) is 22.1 Å². The lowest BCUT2D eigenvalue weighted by molar-refractivity contribution is 0.611. The summed E-state index contributed by atoms with van der Waals surface area (Å²) in [6.45, 7) is 2.84. The second kappa shape index (κ2) is 6.51. The molecule has 0 saturated carbocycles. The fraction of sp³-hybridized carbons (Fsp3) is 0.200. The molecule has 1 unspecified atom stereocenters. The molecule has 0 aliphatic carbocycles. The van der Waals surface area contributed by atoms with Crippen LogP contribution in [0.25, 0.3) is 0 Å². The van der Waals surface area contributed by atoms with Gasteiger partial charge in [0.25, 0.3) is 0 Å². The van der Waals surface area contributed by atoms with E-state index in [2.05, 4.69) is 21.2 Å². The third-order valence-corrected chi connectivity index (χ3v) is 3.79. The lowest BCUT2D eigenvalue weighted by atomic mass is 9.98. The summed E-state index contributed by atoms with van der Waals surface area (Å²) in [7, 11) is 0. The molecule has 0 aromatic heterocycles. The minimum absolute atomic E-state index is 0.0151. The molecule has 2 aromatic rings. The van der Waals surface area contributed by atoms with Crippen LogP contribution in [0.15, 0.2) is 46.9 Å². The Labute approximate surface area is 125 Å². The van der Waals surface area contributed by atoms with Gasteiger partial charge in [-0.15, -0.1) is 0 Å². The zero-order chi connectivity index (χ0) is 13.8. The van der Waals surface area contributed by atoms with Crippen LogP contribution in [0, 0.1) is 5.82 Å². The van der Waals surface area contributed by atoms with Crippen molar-refractivity contribution in [2.75, 3.05) is 6.54 Å². The van der Waals surface area contributed by atoms with Gasteiger partial charge in [0.15, 0.2) is 0 Å². The highest BCUT2D eigenvalue weighted by Gasteiger charge is 2.16. The van der Waals surface area contributed by atoms with Gasteiger partial charge in [-0.3, -0.25) is 0 Å². The van der Waals surface area contributed by atoms with Gasteiger partial charge in [0.2, 0.25) is 0 Å². The van der Waals surface area contributed by atoms with Crippen molar-refractivity contribution < 1.29 is 4.39 Å². The second-order valence-electron chi connectivity index (χ2n) is 4.21. The molecule has 1 nitrogen and oxygen atoms in total. The fourth-order valence-corrected chi connectivity index (χ4v) is 2.81. The average molecular weight is 343 g/mol. The smallest absolute Gasteiger partial charge is 0.124 e. The number of hydrogen-bond donors (Lipinski definition) is 1. The zero-order valence-corrected chi connectivity index (χ0v) is 12.8. The number of halogens is 3. The molecule has 19 heavy (non-hydrogen) atoms. The Hall–Kier alpha value is -0.900. The maximum absolute atomic E-state index is 13.2. The van der Waals surface area contributed by atoms with E-state index in [-0.39, 0.29) is 11.9 Å². The summed E-state index contributed by atoms with van der Waals surface area (Å²) < 4.78 is 13.9. The quantitative estimate of drug-likeness (QED) is 0.830. The molecule has 2 rings (SSSR count). The Morgan fingerprint density at radius 3 is 2.68 bits per heavy atom. The Kier molecular flexibility index (Phi) is 4.97.